The smallest absolute Gasteiger partial charge is 0.164 e. The molecule has 0 spiro atoms. The molecule has 0 unspecified atom stereocenters. The summed E-state index contributed by atoms with van der Waals surface area (Å²) >= 11 is 0. The van der Waals surface area contributed by atoms with Gasteiger partial charge in [-0.2, -0.15) is 0 Å². The van der Waals surface area contributed by atoms with E-state index in [2.05, 4.69) is 112 Å². The largest absolute Gasteiger partial charge is 0.313 e. The topological polar surface area (TPSA) is 48.5 Å². The number of hydrogen-bond donors (Lipinski definition) is 0. The molecule has 3 aromatic heterocycles. The van der Waals surface area contributed by atoms with Crippen molar-refractivity contribution < 1.29 is 0 Å². The summed E-state index contributed by atoms with van der Waals surface area (Å²) in [6.07, 6.45) is 8.77. The van der Waals surface area contributed by atoms with Crippen molar-refractivity contribution in [2.75, 3.05) is 0 Å². The summed E-state index contributed by atoms with van der Waals surface area (Å²) in [7, 11) is 0. The van der Waals surface area contributed by atoms with Crippen LogP contribution in [-0.4, -0.2) is 24.1 Å². The van der Waals surface area contributed by atoms with E-state index in [0.717, 1.165) is 35.2 Å². The van der Waals surface area contributed by atoms with Crippen molar-refractivity contribution in [1.29, 1.82) is 0 Å². The molecule has 0 saturated heterocycles. The van der Waals surface area contributed by atoms with Crippen molar-refractivity contribution in [1.82, 2.24) is 24.1 Å². The molecule has 1 aliphatic carbocycles. The molecule has 0 amide bonds. The first-order valence-corrected chi connectivity index (χ1v) is 17.1. The van der Waals surface area contributed by atoms with E-state index >= 15 is 0 Å². The van der Waals surface area contributed by atoms with Gasteiger partial charge in [-0.25, -0.2) is 15.0 Å². The van der Waals surface area contributed by atoms with Crippen LogP contribution in [0.4, 0.5) is 0 Å². The van der Waals surface area contributed by atoms with Crippen LogP contribution in [0.2, 0.25) is 0 Å². The Bertz CT molecular complexity index is 2730. The van der Waals surface area contributed by atoms with Crippen molar-refractivity contribution >= 4 is 49.3 Å². The lowest BCUT2D eigenvalue weighted by atomic mass is 10.1. The normalized spacial score (nSPS) is 13.1. The summed E-state index contributed by atoms with van der Waals surface area (Å²) in [5.41, 5.74) is 10.1. The van der Waals surface area contributed by atoms with Gasteiger partial charge in [0.2, 0.25) is 0 Å². The molecule has 6 aromatic carbocycles. The maximum atomic E-state index is 4.96. The lowest BCUT2D eigenvalue weighted by molar-refractivity contribution is 0.979. The van der Waals surface area contributed by atoms with Crippen LogP contribution in [0.3, 0.4) is 0 Å². The van der Waals surface area contributed by atoms with Crippen molar-refractivity contribution in [2.24, 2.45) is 0 Å². The van der Waals surface area contributed by atoms with Gasteiger partial charge in [0.15, 0.2) is 17.5 Å². The highest BCUT2D eigenvalue weighted by Gasteiger charge is 2.20. The molecule has 0 saturated carbocycles. The quantitative estimate of drug-likeness (QED) is 0.188. The van der Waals surface area contributed by atoms with Crippen LogP contribution in [0.1, 0.15) is 12.8 Å². The van der Waals surface area contributed by atoms with E-state index in [1.54, 1.807) is 0 Å². The number of para-hydroxylation sites is 2. The fraction of sp³-hybridized carbons (Fsp3) is 0.0444. The minimum absolute atomic E-state index is 0.646. The number of fused-ring (bicyclic) bond motifs is 6. The van der Waals surface area contributed by atoms with Crippen molar-refractivity contribution in [3.63, 3.8) is 0 Å². The van der Waals surface area contributed by atoms with Crippen molar-refractivity contribution in [2.45, 2.75) is 12.8 Å². The van der Waals surface area contributed by atoms with Crippen molar-refractivity contribution in [3.05, 3.63) is 164 Å². The van der Waals surface area contributed by atoms with Gasteiger partial charge in [-0.15, -0.1) is 0 Å². The Morgan fingerprint density at radius 1 is 0.420 bits per heavy atom. The van der Waals surface area contributed by atoms with Gasteiger partial charge in [0, 0.05) is 49.6 Å². The summed E-state index contributed by atoms with van der Waals surface area (Å²) in [6.45, 7) is 0. The number of nitrogens with zero attached hydrogens (tertiary/aromatic N) is 5. The zero-order valence-corrected chi connectivity index (χ0v) is 27.2. The van der Waals surface area contributed by atoms with Gasteiger partial charge >= 0.3 is 0 Å². The molecule has 0 bridgehead atoms. The summed E-state index contributed by atoms with van der Waals surface area (Å²) in [5.74, 6) is 1.96. The molecule has 5 heteroatoms. The summed E-state index contributed by atoms with van der Waals surface area (Å²) in [5, 5.41) is 5.04. The maximum absolute atomic E-state index is 4.96. The molecule has 3 heterocycles. The van der Waals surface area contributed by atoms with Crippen LogP contribution >= 0.6 is 0 Å². The molecule has 10 rings (SSSR count). The van der Waals surface area contributed by atoms with E-state index in [0.29, 0.717) is 17.5 Å². The minimum atomic E-state index is 0.646. The van der Waals surface area contributed by atoms with E-state index < -0.39 is 0 Å². The monoisotopic (exact) mass is 641 g/mol. The zero-order chi connectivity index (χ0) is 33.0. The van der Waals surface area contributed by atoms with Gasteiger partial charge in [-0.3, -0.25) is 0 Å². The SMILES string of the molecule is C1=CCCC(n2c3ccccc3c3cc4c5ccccc5n(-c5ccc(-c6nc(-c7ccccc7)nc(-c7ccccc7)n6)cc5)c4cc32)=C1. The maximum Gasteiger partial charge on any atom is 0.164 e. The minimum Gasteiger partial charge on any atom is -0.313 e. The first kappa shape index (κ1) is 28.4. The third-order valence-corrected chi connectivity index (χ3v) is 9.83. The van der Waals surface area contributed by atoms with Crippen LogP contribution < -0.4 is 0 Å². The number of aromatic nitrogens is 5. The van der Waals surface area contributed by atoms with E-state index in [4.69, 9.17) is 15.0 Å². The van der Waals surface area contributed by atoms with Crippen LogP contribution in [0.15, 0.2) is 164 Å². The number of allylic oxidation sites excluding steroid dienone is 4. The van der Waals surface area contributed by atoms with Crippen LogP contribution in [0, 0.1) is 0 Å². The third-order valence-electron chi connectivity index (χ3n) is 9.83. The molecule has 0 radical (unpaired) electrons. The molecule has 236 valence electrons. The second kappa shape index (κ2) is 11.5. The first-order chi connectivity index (χ1) is 24.8. The summed E-state index contributed by atoms with van der Waals surface area (Å²) in [6, 6.07) is 51.1. The highest BCUT2D eigenvalue weighted by molar-refractivity contribution is 6.19. The van der Waals surface area contributed by atoms with Gasteiger partial charge in [-0.05, 0) is 67.4 Å². The highest BCUT2D eigenvalue weighted by atomic mass is 15.0. The Hall–Kier alpha value is -6.59. The van der Waals surface area contributed by atoms with E-state index in [9.17, 15) is 0 Å². The van der Waals surface area contributed by atoms with Crippen LogP contribution in [-0.2, 0) is 0 Å². The van der Waals surface area contributed by atoms with Crippen LogP contribution in [0.25, 0.3) is 89.2 Å². The second-order valence-electron chi connectivity index (χ2n) is 12.8. The number of benzene rings is 6. The Kier molecular flexibility index (Phi) is 6.56. The van der Waals surface area contributed by atoms with E-state index in [1.165, 1.54) is 49.3 Å². The average molecular weight is 642 g/mol. The van der Waals surface area contributed by atoms with Gasteiger partial charge in [0.25, 0.3) is 0 Å². The molecule has 0 N–H and O–H groups in total. The lowest BCUT2D eigenvalue weighted by Gasteiger charge is -2.14. The predicted octanol–water partition coefficient (Wildman–Crippen LogP) is 11.3. The van der Waals surface area contributed by atoms with Gasteiger partial charge in [0.1, 0.15) is 0 Å². The fourth-order valence-corrected chi connectivity index (χ4v) is 7.49. The Labute approximate surface area is 289 Å². The molecular formula is C45H31N5. The Morgan fingerprint density at radius 2 is 0.920 bits per heavy atom. The van der Waals surface area contributed by atoms with Gasteiger partial charge < -0.3 is 9.13 Å². The summed E-state index contributed by atoms with van der Waals surface area (Å²) in [4.78, 5) is 14.8. The lowest BCUT2D eigenvalue weighted by Crippen LogP contribution is -2.00. The molecular weight excluding hydrogens is 611 g/mol. The standard InChI is InChI=1S/C45H31N5/c1-4-14-30(15-5-1)43-46-44(31-16-6-2-7-17-31)48-45(47-43)32-24-26-34(27-25-32)50-40-23-13-11-21-36(40)38-28-37-35-20-10-12-22-39(35)49(41(37)29-42(38)50)33-18-8-3-9-19-33/h1-8,10-18,20-29H,9,19H2. The van der Waals surface area contributed by atoms with Gasteiger partial charge in [-0.1, -0.05) is 109 Å². The predicted molar refractivity (Wildman–Crippen MR) is 206 cm³/mol. The molecule has 9 aromatic rings. The van der Waals surface area contributed by atoms with E-state index in [1.807, 2.05) is 60.7 Å². The summed E-state index contributed by atoms with van der Waals surface area (Å²) < 4.78 is 4.86. The number of hydrogen-bond acceptors (Lipinski definition) is 3. The second-order valence-corrected chi connectivity index (χ2v) is 12.8. The Balaban J connectivity index is 1.16. The molecule has 50 heavy (non-hydrogen) atoms. The molecule has 0 atom stereocenters. The third kappa shape index (κ3) is 4.59. The van der Waals surface area contributed by atoms with Crippen LogP contribution in [0.5, 0.6) is 0 Å². The average Bonchev–Trinajstić information content (AvgIpc) is 3.70. The Morgan fingerprint density at radius 3 is 1.48 bits per heavy atom. The number of rotatable bonds is 5. The molecule has 0 aliphatic heterocycles. The zero-order valence-electron chi connectivity index (χ0n) is 27.2. The molecule has 0 fully saturated rings. The van der Waals surface area contributed by atoms with Gasteiger partial charge in [0.05, 0.1) is 22.1 Å². The highest BCUT2D eigenvalue weighted by Crippen LogP contribution is 2.40. The van der Waals surface area contributed by atoms with E-state index in [-0.39, 0.29) is 0 Å². The first-order valence-electron chi connectivity index (χ1n) is 17.1. The molecule has 1 aliphatic rings. The fourth-order valence-electron chi connectivity index (χ4n) is 7.49. The molecule has 5 nitrogen and oxygen atoms in total. The van der Waals surface area contributed by atoms with Crippen molar-refractivity contribution in [3.8, 4) is 39.9 Å².